The van der Waals surface area contributed by atoms with Gasteiger partial charge in [0.1, 0.15) is 0 Å². The van der Waals surface area contributed by atoms with Gasteiger partial charge in [0.05, 0.1) is 18.8 Å². The summed E-state index contributed by atoms with van der Waals surface area (Å²) in [5.74, 6) is 0.119. The third-order valence-corrected chi connectivity index (χ3v) is 5.65. The lowest BCUT2D eigenvalue weighted by atomic mass is 9.77. The molecule has 0 saturated carbocycles. The molecule has 4 atom stereocenters. The summed E-state index contributed by atoms with van der Waals surface area (Å²) in [6.45, 7) is 1.07. The number of aliphatic carboxylic acids is 1. The Labute approximate surface area is 166 Å². The Kier molecular flexibility index (Phi) is 7.62. The summed E-state index contributed by atoms with van der Waals surface area (Å²) in [6, 6.07) is 9.47. The molecule has 2 aliphatic heterocycles. The Morgan fingerprint density at radius 3 is 2.61 bits per heavy atom. The average Bonchev–Trinajstić information content (AvgIpc) is 3.27. The highest BCUT2D eigenvalue weighted by atomic mass is 16.5. The smallest absolute Gasteiger partial charge is 0.303 e. The van der Waals surface area contributed by atoms with Crippen molar-refractivity contribution < 1.29 is 19.4 Å². The van der Waals surface area contributed by atoms with Crippen LogP contribution in [0.5, 0.6) is 0 Å². The first-order valence-electron chi connectivity index (χ1n) is 10.2. The van der Waals surface area contributed by atoms with Crippen LogP contribution in [-0.2, 0) is 14.3 Å². The van der Waals surface area contributed by atoms with Gasteiger partial charge in [0.25, 0.3) is 0 Å². The van der Waals surface area contributed by atoms with Gasteiger partial charge in [-0.15, -0.1) is 0 Å². The van der Waals surface area contributed by atoms with Crippen molar-refractivity contribution in [3.8, 4) is 0 Å². The summed E-state index contributed by atoms with van der Waals surface area (Å²) in [7, 11) is 0. The Morgan fingerprint density at radius 2 is 1.86 bits per heavy atom. The number of nitrogens with one attached hydrogen (secondary N) is 2. The quantitative estimate of drug-likeness (QED) is 0.401. The number of carboxylic acid groups (broad SMARTS) is 1. The fourth-order valence-electron chi connectivity index (χ4n) is 4.30. The van der Waals surface area contributed by atoms with Gasteiger partial charge in [0, 0.05) is 24.6 Å². The number of unbranched alkanes of at least 4 members (excludes halogenated alkanes) is 1. The molecular formula is C22H30N2O4. The lowest BCUT2D eigenvalue weighted by Crippen LogP contribution is -2.38. The molecule has 4 unspecified atom stereocenters. The summed E-state index contributed by atoms with van der Waals surface area (Å²) in [6.07, 6.45) is 9.75. The second-order valence-corrected chi connectivity index (χ2v) is 7.66. The Balaban J connectivity index is 1.40. The number of hydrogen-bond donors (Lipinski definition) is 3. The molecule has 0 aromatic heterocycles. The van der Waals surface area contributed by atoms with E-state index < -0.39 is 5.97 Å². The van der Waals surface area contributed by atoms with E-state index >= 15 is 0 Å². The zero-order valence-electron chi connectivity index (χ0n) is 16.2. The number of rotatable bonds is 11. The van der Waals surface area contributed by atoms with Crippen LogP contribution in [0, 0.1) is 11.8 Å². The molecule has 1 aromatic carbocycles. The number of amides is 1. The zero-order valence-corrected chi connectivity index (χ0v) is 16.2. The summed E-state index contributed by atoms with van der Waals surface area (Å²) in [5.41, 5.74) is 0.809. The molecule has 2 aliphatic rings. The lowest BCUT2D eigenvalue weighted by Gasteiger charge is -2.27. The van der Waals surface area contributed by atoms with Crippen LogP contribution < -0.4 is 10.6 Å². The number of carbonyl (C=O) groups excluding carboxylic acids is 1. The van der Waals surface area contributed by atoms with Crippen molar-refractivity contribution in [3.63, 3.8) is 0 Å². The highest BCUT2D eigenvalue weighted by molar-refractivity contribution is 5.92. The number of benzene rings is 1. The molecule has 6 heteroatoms. The molecular weight excluding hydrogens is 356 g/mol. The van der Waals surface area contributed by atoms with Crippen molar-refractivity contribution in [1.29, 1.82) is 0 Å². The summed E-state index contributed by atoms with van der Waals surface area (Å²) >= 11 is 0. The SMILES string of the molecule is O=C(O)CCC/C=C/CC1C2CCC(O2)C1CNCC(=O)Nc1ccccc1. The highest BCUT2D eigenvalue weighted by Crippen LogP contribution is 2.44. The minimum Gasteiger partial charge on any atom is -0.481 e. The number of hydrogen-bond acceptors (Lipinski definition) is 4. The Morgan fingerprint density at radius 1 is 1.11 bits per heavy atom. The predicted molar refractivity (Wildman–Crippen MR) is 108 cm³/mol. The maximum atomic E-state index is 12.1. The van der Waals surface area contributed by atoms with E-state index in [-0.39, 0.29) is 12.3 Å². The van der Waals surface area contributed by atoms with Crippen LogP contribution in [0.15, 0.2) is 42.5 Å². The number of carbonyl (C=O) groups is 2. The van der Waals surface area contributed by atoms with E-state index in [4.69, 9.17) is 9.84 Å². The predicted octanol–water partition coefficient (Wildman–Crippen LogP) is 3.21. The third kappa shape index (κ3) is 5.91. The van der Waals surface area contributed by atoms with E-state index in [0.29, 0.717) is 37.0 Å². The molecule has 1 aromatic rings. The van der Waals surface area contributed by atoms with Crippen LogP contribution in [0.3, 0.4) is 0 Å². The first kappa shape index (κ1) is 20.6. The second-order valence-electron chi connectivity index (χ2n) is 7.66. The first-order valence-corrected chi connectivity index (χ1v) is 10.2. The number of para-hydroxylation sites is 1. The summed E-state index contributed by atoms with van der Waals surface area (Å²) in [4.78, 5) is 22.6. The maximum Gasteiger partial charge on any atom is 0.303 e. The van der Waals surface area contributed by atoms with Gasteiger partial charge in [-0.25, -0.2) is 0 Å². The normalized spacial score (nSPS) is 26.0. The van der Waals surface area contributed by atoms with Crippen molar-refractivity contribution in [3.05, 3.63) is 42.5 Å². The van der Waals surface area contributed by atoms with Crippen LogP contribution >= 0.6 is 0 Å². The number of fused-ring (bicyclic) bond motifs is 2. The monoisotopic (exact) mass is 386 g/mol. The van der Waals surface area contributed by atoms with Crippen LogP contribution in [0.1, 0.15) is 38.5 Å². The van der Waals surface area contributed by atoms with Gasteiger partial charge < -0.3 is 20.5 Å². The molecule has 3 rings (SSSR count). The molecule has 3 N–H and O–H groups in total. The second kappa shape index (κ2) is 10.4. The van der Waals surface area contributed by atoms with Crippen molar-refractivity contribution in [1.82, 2.24) is 5.32 Å². The van der Waals surface area contributed by atoms with Crippen molar-refractivity contribution in [2.75, 3.05) is 18.4 Å². The summed E-state index contributed by atoms with van der Waals surface area (Å²) < 4.78 is 6.11. The minimum atomic E-state index is -0.739. The van der Waals surface area contributed by atoms with Gasteiger partial charge in [0.15, 0.2) is 0 Å². The molecule has 0 aliphatic carbocycles. The van der Waals surface area contributed by atoms with Crippen LogP contribution in [0.4, 0.5) is 5.69 Å². The van der Waals surface area contributed by atoms with Gasteiger partial charge in [-0.1, -0.05) is 30.4 Å². The van der Waals surface area contributed by atoms with E-state index in [0.717, 1.165) is 37.9 Å². The van der Waals surface area contributed by atoms with Crippen LogP contribution in [0.2, 0.25) is 0 Å². The van der Waals surface area contributed by atoms with E-state index in [9.17, 15) is 9.59 Å². The van der Waals surface area contributed by atoms with Crippen LogP contribution in [0.25, 0.3) is 0 Å². The fraction of sp³-hybridized carbons (Fsp3) is 0.545. The van der Waals surface area contributed by atoms with E-state index in [1.54, 1.807) is 0 Å². The molecule has 6 nitrogen and oxygen atoms in total. The van der Waals surface area contributed by atoms with Crippen molar-refractivity contribution >= 4 is 17.6 Å². The van der Waals surface area contributed by atoms with Gasteiger partial charge in [-0.3, -0.25) is 9.59 Å². The Bertz CT molecular complexity index is 676. The molecule has 152 valence electrons. The van der Waals surface area contributed by atoms with Crippen LogP contribution in [-0.4, -0.2) is 42.3 Å². The van der Waals surface area contributed by atoms with Gasteiger partial charge in [-0.05, 0) is 50.2 Å². The van der Waals surface area contributed by atoms with Gasteiger partial charge >= 0.3 is 5.97 Å². The largest absolute Gasteiger partial charge is 0.481 e. The minimum absolute atomic E-state index is 0.0369. The first-order chi connectivity index (χ1) is 13.6. The molecule has 2 saturated heterocycles. The van der Waals surface area contributed by atoms with Gasteiger partial charge in [0.2, 0.25) is 5.91 Å². The lowest BCUT2D eigenvalue weighted by molar-refractivity contribution is -0.137. The zero-order chi connectivity index (χ0) is 19.8. The standard InChI is InChI=1S/C22H30N2O4/c25-21(24-16-8-4-3-5-9-16)15-23-14-18-17(19-12-13-20(18)28-19)10-6-1-2-7-11-22(26)27/h1,3-6,8-9,17-20,23H,2,7,10-15H2,(H,24,25)(H,26,27)/b6-1+. The fourth-order valence-corrected chi connectivity index (χ4v) is 4.30. The van der Waals surface area contributed by atoms with Gasteiger partial charge in [-0.2, -0.15) is 0 Å². The molecule has 0 spiro atoms. The molecule has 28 heavy (non-hydrogen) atoms. The third-order valence-electron chi connectivity index (χ3n) is 5.65. The van der Waals surface area contributed by atoms with E-state index in [1.165, 1.54) is 0 Å². The topological polar surface area (TPSA) is 87.7 Å². The average molecular weight is 386 g/mol. The molecule has 2 bridgehead atoms. The highest BCUT2D eigenvalue weighted by Gasteiger charge is 2.47. The van der Waals surface area contributed by atoms with E-state index in [1.807, 2.05) is 30.3 Å². The van der Waals surface area contributed by atoms with Crippen molar-refractivity contribution in [2.45, 2.75) is 50.7 Å². The molecule has 1 amide bonds. The number of carboxylic acids is 1. The van der Waals surface area contributed by atoms with E-state index in [2.05, 4.69) is 22.8 Å². The maximum absolute atomic E-state index is 12.1. The van der Waals surface area contributed by atoms with Crippen molar-refractivity contribution in [2.24, 2.45) is 11.8 Å². The summed E-state index contributed by atoms with van der Waals surface area (Å²) in [5, 5.41) is 14.9. The molecule has 2 heterocycles. The Hall–Kier alpha value is -2.18. The molecule has 0 radical (unpaired) electrons. The molecule has 2 fully saturated rings. The number of anilines is 1. The number of ether oxygens (including phenoxy) is 1. The number of allylic oxidation sites excluding steroid dienone is 2.